The Kier molecular flexibility index (Phi) is 7.04. The molecule has 0 radical (unpaired) electrons. The van der Waals surface area contributed by atoms with Crippen molar-refractivity contribution in [1.82, 2.24) is 25.1 Å². The molecule has 1 aromatic carbocycles. The summed E-state index contributed by atoms with van der Waals surface area (Å²) < 4.78 is 6.24. The number of pyridine rings is 2. The zero-order valence-corrected chi connectivity index (χ0v) is 22.5. The van der Waals surface area contributed by atoms with Gasteiger partial charge in [0.15, 0.2) is 0 Å². The topological polar surface area (TPSA) is 131 Å². The predicted molar refractivity (Wildman–Crippen MR) is 152 cm³/mol. The maximum Gasteiger partial charge on any atom is 0.272 e. The number of aromatic amines is 1. The molecule has 1 fully saturated rings. The molecule has 5 heterocycles. The van der Waals surface area contributed by atoms with E-state index in [0.717, 1.165) is 17.1 Å². The Bertz CT molecular complexity index is 1670. The van der Waals surface area contributed by atoms with Crippen molar-refractivity contribution >= 4 is 17.4 Å². The molecule has 1 saturated heterocycles. The van der Waals surface area contributed by atoms with Crippen molar-refractivity contribution in [3.05, 3.63) is 105 Å². The lowest BCUT2D eigenvalue weighted by Crippen LogP contribution is -2.49. The zero-order chi connectivity index (χ0) is 28.3. The molecule has 4 aromatic rings. The summed E-state index contributed by atoms with van der Waals surface area (Å²) in [7, 11) is 0. The van der Waals surface area contributed by atoms with Crippen LogP contribution >= 0.6 is 0 Å². The molecule has 0 aliphatic carbocycles. The molecule has 2 aliphatic heterocycles. The molecule has 0 unspecified atom stereocenters. The van der Waals surface area contributed by atoms with Crippen LogP contribution in [0, 0.1) is 18.3 Å². The van der Waals surface area contributed by atoms with Crippen molar-refractivity contribution in [2.24, 2.45) is 0 Å². The SMILES string of the molecule is Cc1c(N2Cc3ccccc3[C@H]2COc2ccnc(C(=O)N3CCN(c4ccc(C#N)cn4)CC3)c2)cn[nH]c1=O. The van der Waals surface area contributed by atoms with E-state index < -0.39 is 0 Å². The summed E-state index contributed by atoms with van der Waals surface area (Å²) in [6, 6.07) is 17.1. The van der Waals surface area contributed by atoms with Crippen LogP contribution in [-0.2, 0) is 6.54 Å². The molecular formula is C30H28N8O3. The summed E-state index contributed by atoms with van der Waals surface area (Å²) in [5.74, 6) is 1.19. The number of carbonyl (C=O) groups excluding carboxylic acids is 1. The van der Waals surface area contributed by atoms with Crippen LogP contribution in [0.3, 0.4) is 0 Å². The van der Waals surface area contributed by atoms with Gasteiger partial charge in [0.1, 0.15) is 29.9 Å². The first-order valence-electron chi connectivity index (χ1n) is 13.4. The fraction of sp³-hybridized carbons (Fsp3) is 0.267. The first kappa shape index (κ1) is 26.0. The first-order valence-corrected chi connectivity index (χ1v) is 13.4. The standard InChI is InChI=1S/C30H28N8O3/c1-20-26(17-34-35-29(20)39)38-18-22-4-2-3-5-24(22)27(38)19-41-23-8-9-32-25(14-23)30(40)37-12-10-36(11-13-37)28-7-6-21(15-31)16-33-28/h2-9,14,16-17,27H,10-13,18-19H2,1H3,(H,35,39)/t27-/m1/s1. The number of amides is 1. The van der Waals surface area contributed by atoms with Gasteiger partial charge < -0.3 is 19.4 Å². The van der Waals surface area contributed by atoms with Crippen molar-refractivity contribution in [1.29, 1.82) is 5.26 Å². The van der Waals surface area contributed by atoms with Crippen LogP contribution in [0.2, 0.25) is 0 Å². The quantitative estimate of drug-likeness (QED) is 0.386. The summed E-state index contributed by atoms with van der Waals surface area (Å²) in [5.41, 5.74) is 4.29. The predicted octanol–water partition coefficient (Wildman–Crippen LogP) is 2.84. The molecule has 0 saturated carbocycles. The lowest BCUT2D eigenvalue weighted by Gasteiger charge is -2.35. The second-order valence-electron chi connectivity index (χ2n) is 10.0. The van der Waals surface area contributed by atoms with E-state index in [1.165, 1.54) is 5.56 Å². The Hall–Kier alpha value is -5.24. The number of nitrogens with zero attached hydrogens (tertiary/aromatic N) is 7. The van der Waals surface area contributed by atoms with Gasteiger partial charge in [0.05, 0.1) is 23.5 Å². The van der Waals surface area contributed by atoms with E-state index >= 15 is 0 Å². The van der Waals surface area contributed by atoms with Gasteiger partial charge in [-0.15, -0.1) is 0 Å². The number of benzene rings is 1. The third-order valence-electron chi connectivity index (χ3n) is 7.64. The summed E-state index contributed by atoms with van der Waals surface area (Å²) in [5, 5.41) is 15.5. The largest absolute Gasteiger partial charge is 0.491 e. The van der Waals surface area contributed by atoms with E-state index in [0.29, 0.717) is 61.9 Å². The molecule has 3 aromatic heterocycles. The molecular weight excluding hydrogens is 520 g/mol. The molecule has 11 nitrogen and oxygen atoms in total. The van der Waals surface area contributed by atoms with E-state index in [-0.39, 0.29) is 17.5 Å². The van der Waals surface area contributed by atoms with Gasteiger partial charge in [-0.3, -0.25) is 14.6 Å². The van der Waals surface area contributed by atoms with Gasteiger partial charge in [0.2, 0.25) is 0 Å². The van der Waals surface area contributed by atoms with Crippen molar-refractivity contribution in [3.8, 4) is 11.8 Å². The average molecular weight is 549 g/mol. The normalized spacial score (nSPS) is 16.3. The highest BCUT2D eigenvalue weighted by atomic mass is 16.5. The lowest BCUT2D eigenvalue weighted by molar-refractivity contribution is 0.0740. The van der Waals surface area contributed by atoms with Gasteiger partial charge >= 0.3 is 0 Å². The van der Waals surface area contributed by atoms with Crippen LogP contribution in [0.25, 0.3) is 0 Å². The van der Waals surface area contributed by atoms with Crippen LogP contribution in [0.1, 0.15) is 38.8 Å². The van der Waals surface area contributed by atoms with Crippen molar-refractivity contribution in [3.63, 3.8) is 0 Å². The number of rotatable bonds is 6. The molecule has 1 atom stereocenters. The van der Waals surface area contributed by atoms with Crippen molar-refractivity contribution < 1.29 is 9.53 Å². The van der Waals surface area contributed by atoms with E-state index in [1.54, 1.807) is 48.6 Å². The van der Waals surface area contributed by atoms with Gasteiger partial charge in [-0.2, -0.15) is 10.4 Å². The van der Waals surface area contributed by atoms with E-state index in [9.17, 15) is 9.59 Å². The zero-order valence-electron chi connectivity index (χ0n) is 22.5. The Morgan fingerprint density at radius 1 is 1.10 bits per heavy atom. The molecule has 0 bridgehead atoms. The smallest absolute Gasteiger partial charge is 0.272 e. The number of piperazine rings is 1. The number of H-pyrrole nitrogens is 1. The second-order valence-corrected chi connectivity index (χ2v) is 10.0. The van der Waals surface area contributed by atoms with Crippen LogP contribution in [0.4, 0.5) is 11.5 Å². The van der Waals surface area contributed by atoms with Crippen LogP contribution in [-0.4, -0.2) is 63.8 Å². The molecule has 206 valence electrons. The summed E-state index contributed by atoms with van der Waals surface area (Å²) in [4.78, 5) is 40.3. The van der Waals surface area contributed by atoms with Gasteiger partial charge in [0, 0.05) is 56.7 Å². The van der Waals surface area contributed by atoms with Crippen LogP contribution in [0.5, 0.6) is 5.75 Å². The molecule has 0 spiro atoms. The third kappa shape index (κ3) is 5.19. The van der Waals surface area contributed by atoms with Crippen LogP contribution in [0.15, 0.2) is 71.9 Å². The highest BCUT2D eigenvalue weighted by Gasteiger charge is 2.32. The number of ether oxygens (including phenoxy) is 1. The number of fused-ring (bicyclic) bond motifs is 1. The Balaban J connectivity index is 1.13. The maximum atomic E-state index is 13.3. The number of anilines is 2. The van der Waals surface area contributed by atoms with Crippen molar-refractivity contribution in [2.45, 2.75) is 19.5 Å². The molecule has 6 rings (SSSR count). The molecule has 1 N–H and O–H groups in total. The lowest BCUT2D eigenvalue weighted by atomic mass is 10.1. The first-order chi connectivity index (χ1) is 20.0. The second kappa shape index (κ2) is 11.1. The number of hydrogen-bond acceptors (Lipinski definition) is 9. The van der Waals surface area contributed by atoms with Gasteiger partial charge in [0.25, 0.3) is 11.5 Å². The van der Waals surface area contributed by atoms with E-state index in [4.69, 9.17) is 10.00 Å². The summed E-state index contributed by atoms with van der Waals surface area (Å²) in [6.07, 6.45) is 4.82. The summed E-state index contributed by atoms with van der Waals surface area (Å²) >= 11 is 0. The Morgan fingerprint density at radius 3 is 2.71 bits per heavy atom. The minimum Gasteiger partial charge on any atom is -0.491 e. The third-order valence-corrected chi connectivity index (χ3v) is 7.64. The number of nitriles is 1. The number of aromatic nitrogens is 4. The molecule has 11 heteroatoms. The Morgan fingerprint density at radius 2 is 1.93 bits per heavy atom. The van der Waals surface area contributed by atoms with E-state index in [2.05, 4.69) is 48.2 Å². The fourth-order valence-corrected chi connectivity index (χ4v) is 5.37. The maximum absolute atomic E-state index is 13.3. The highest BCUT2D eigenvalue weighted by Crippen LogP contribution is 2.38. The molecule has 41 heavy (non-hydrogen) atoms. The molecule has 1 amide bonds. The van der Waals surface area contributed by atoms with Gasteiger partial charge in [-0.05, 0) is 36.2 Å². The number of nitrogens with one attached hydrogen (secondary N) is 1. The van der Waals surface area contributed by atoms with Crippen LogP contribution < -0.4 is 20.1 Å². The Labute approximate surface area is 236 Å². The fourth-order valence-electron chi connectivity index (χ4n) is 5.37. The van der Waals surface area contributed by atoms with E-state index in [1.807, 2.05) is 18.2 Å². The summed E-state index contributed by atoms with van der Waals surface area (Å²) in [6.45, 7) is 5.08. The van der Waals surface area contributed by atoms with Gasteiger partial charge in [-0.1, -0.05) is 24.3 Å². The highest BCUT2D eigenvalue weighted by molar-refractivity contribution is 5.92. The molecule has 2 aliphatic rings. The van der Waals surface area contributed by atoms with Gasteiger partial charge in [-0.25, -0.2) is 10.1 Å². The monoisotopic (exact) mass is 548 g/mol. The minimum atomic E-state index is -0.218. The minimum absolute atomic E-state index is 0.135. The number of carbonyl (C=O) groups is 1. The van der Waals surface area contributed by atoms with Crippen molar-refractivity contribution in [2.75, 3.05) is 42.6 Å². The number of hydrogen-bond donors (Lipinski definition) is 1. The average Bonchev–Trinajstić information content (AvgIpc) is 3.39.